The van der Waals surface area contributed by atoms with Crippen molar-refractivity contribution in [3.05, 3.63) is 52.2 Å². The molecule has 0 saturated carbocycles. The van der Waals surface area contributed by atoms with Gasteiger partial charge in [0, 0.05) is 19.5 Å². The molecule has 2 aliphatic heterocycles. The van der Waals surface area contributed by atoms with Crippen LogP contribution in [0.2, 0.25) is 0 Å². The van der Waals surface area contributed by atoms with Gasteiger partial charge >= 0.3 is 0 Å². The Bertz CT molecular complexity index is 875. The molecule has 1 atom stereocenters. The number of amides is 1. The summed E-state index contributed by atoms with van der Waals surface area (Å²) < 4.78 is 0.800. The average molecular weight is 432 g/mol. The second-order valence-corrected chi connectivity index (χ2v) is 9.38. The van der Waals surface area contributed by atoms with Gasteiger partial charge in [-0.25, -0.2) is 5.01 Å². The molecule has 5 nitrogen and oxygen atoms in total. The number of benzene rings is 1. The summed E-state index contributed by atoms with van der Waals surface area (Å²) in [6.07, 6.45) is 2.99. The van der Waals surface area contributed by atoms with Crippen LogP contribution in [-0.4, -0.2) is 49.8 Å². The highest BCUT2D eigenvalue weighted by atomic mass is 32.2. The van der Waals surface area contributed by atoms with Crippen molar-refractivity contribution in [3.63, 3.8) is 0 Å². The van der Waals surface area contributed by atoms with Gasteiger partial charge in [-0.05, 0) is 42.0 Å². The van der Waals surface area contributed by atoms with Gasteiger partial charge in [0.2, 0.25) is 0 Å². The SMILES string of the molecule is O=C(CSC(=S)N1CCCC1)N1N=C(c2cccs2)CC1c1ccc(O)cc1. The van der Waals surface area contributed by atoms with Crippen LogP contribution >= 0.6 is 35.3 Å². The molecular weight excluding hydrogens is 410 g/mol. The topological polar surface area (TPSA) is 56.1 Å². The van der Waals surface area contributed by atoms with E-state index in [1.54, 1.807) is 28.5 Å². The van der Waals surface area contributed by atoms with Crippen molar-refractivity contribution < 1.29 is 9.90 Å². The molecule has 4 rings (SSSR count). The fourth-order valence-corrected chi connectivity index (χ4v) is 5.29. The number of thioether (sulfide) groups is 1. The molecule has 2 aliphatic rings. The van der Waals surface area contributed by atoms with E-state index in [1.165, 1.54) is 11.8 Å². The van der Waals surface area contributed by atoms with E-state index in [-0.39, 0.29) is 23.5 Å². The van der Waals surface area contributed by atoms with E-state index in [9.17, 15) is 9.90 Å². The van der Waals surface area contributed by atoms with E-state index in [2.05, 4.69) is 10.0 Å². The van der Waals surface area contributed by atoms with Crippen LogP contribution in [0, 0.1) is 0 Å². The maximum absolute atomic E-state index is 13.0. The highest BCUT2D eigenvalue weighted by Gasteiger charge is 2.33. The fraction of sp³-hybridized carbons (Fsp3) is 0.350. The molecule has 0 aliphatic carbocycles. The molecule has 28 heavy (non-hydrogen) atoms. The summed E-state index contributed by atoms with van der Waals surface area (Å²) in [5.74, 6) is 0.451. The number of likely N-dealkylation sites (tertiary alicyclic amines) is 1. The number of aromatic hydroxyl groups is 1. The molecule has 1 saturated heterocycles. The lowest BCUT2D eigenvalue weighted by molar-refractivity contribution is -0.130. The van der Waals surface area contributed by atoms with Gasteiger partial charge in [-0.1, -0.05) is 42.2 Å². The number of hydrazone groups is 1. The first-order valence-electron chi connectivity index (χ1n) is 9.26. The van der Waals surface area contributed by atoms with Crippen molar-refractivity contribution in [2.24, 2.45) is 5.10 Å². The fourth-order valence-electron chi connectivity index (χ4n) is 3.47. The molecule has 1 unspecified atom stereocenters. The van der Waals surface area contributed by atoms with E-state index >= 15 is 0 Å². The van der Waals surface area contributed by atoms with Crippen LogP contribution in [0.3, 0.4) is 0 Å². The highest BCUT2D eigenvalue weighted by molar-refractivity contribution is 8.23. The van der Waals surface area contributed by atoms with E-state index in [0.717, 1.165) is 46.4 Å². The normalized spacial score (nSPS) is 19.1. The first kappa shape index (κ1) is 19.4. The van der Waals surface area contributed by atoms with Crippen LogP contribution in [0.5, 0.6) is 5.75 Å². The minimum atomic E-state index is -0.161. The predicted octanol–water partition coefficient (Wildman–Crippen LogP) is 4.25. The maximum atomic E-state index is 13.0. The van der Waals surface area contributed by atoms with E-state index in [1.807, 2.05) is 29.6 Å². The first-order chi connectivity index (χ1) is 13.6. The second-order valence-electron chi connectivity index (χ2n) is 6.82. The zero-order chi connectivity index (χ0) is 19.5. The van der Waals surface area contributed by atoms with Gasteiger partial charge in [-0.15, -0.1) is 11.3 Å². The Labute approximate surface area is 178 Å². The van der Waals surface area contributed by atoms with E-state index in [0.29, 0.717) is 6.42 Å². The number of phenols is 1. The second kappa shape index (κ2) is 8.63. The Hall–Kier alpha value is -1.90. The molecule has 0 bridgehead atoms. The summed E-state index contributed by atoms with van der Waals surface area (Å²) in [5.41, 5.74) is 1.89. The number of carbonyl (C=O) groups is 1. The van der Waals surface area contributed by atoms with Crippen molar-refractivity contribution in [1.29, 1.82) is 0 Å². The number of hydrogen-bond donors (Lipinski definition) is 1. The van der Waals surface area contributed by atoms with Crippen LogP contribution < -0.4 is 0 Å². The molecule has 146 valence electrons. The van der Waals surface area contributed by atoms with Crippen LogP contribution in [0.4, 0.5) is 0 Å². The van der Waals surface area contributed by atoms with Crippen LogP contribution in [0.15, 0.2) is 46.9 Å². The molecule has 1 N–H and O–H groups in total. The first-order valence-corrected chi connectivity index (χ1v) is 11.5. The lowest BCUT2D eigenvalue weighted by Crippen LogP contribution is -2.30. The largest absolute Gasteiger partial charge is 0.508 e. The van der Waals surface area contributed by atoms with Crippen molar-refractivity contribution in [2.75, 3.05) is 18.8 Å². The Kier molecular flexibility index (Phi) is 5.99. The quantitative estimate of drug-likeness (QED) is 0.734. The minimum absolute atomic E-state index is 0.0452. The molecule has 0 radical (unpaired) electrons. The number of thiocarbonyl (C=S) groups is 1. The number of carbonyl (C=O) groups excluding carboxylic acids is 1. The van der Waals surface area contributed by atoms with Crippen LogP contribution in [0.25, 0.3) is 0 Å². The number of thiophene rings is 1. The average Bonchev–Trinajstić information content (AvgIpc) is 3.47. The summed E-state index contributed by atoms with van der Waals surface area (Å²) in [6, 6.07) is 10.9. The maximum Gasteiger partial charge on any atom is 0.253 e. The molecule has 1 amide bonds. The van der Waals surface area contributed by atoms with Crippen LogP contribution in [0.1, 0.15) is 35.7 Å². The third-order valence-corrected chi connectivity index (χ3v) is 7.36. The van der Waals surface area contributed by atoms with Gasteiger partial charge in [0.25, 0.3) is 5.91 Å². The Balaban J connectivity index is 1.50. The van der Waals surface area contributed by atoms with Crippen molar-refractivity contribution in [1.82, 2.24) is 9.91 Å². The summed E-state index contributed by atoms with van der Waals surface area (Å²) in [6.45, 7) is 1.97. The number of rotatable bonds is 4. The lowest BCUT2D eigenvalue weighted by atomic mass is 10.0. The molecule has 8 heteroatoms. The monoisotopic (exact) mass is 431 g/mol. The van der Waals surface area contributed by atoms with Crippen molar-refractivity contribution in [3.8, 4) is 5.75 Å². The van der Waals surface area contributed by atoms with Gasteiger partial charge in [0.1, 0.15) is 10.1 Å². The Morgan fingerprint density at radius 3 is 2.68 bits per heavy atom. The van der Waals surface area contributed by atoms with Gasteiger partial charge in [-0.2, -0.15) is 5.10 Å². The predicted molar refractivity (Wildman–Crippen MR) is 119 cm³/mol. The Morgan fingerprint density at radius 1 is 1.25 bits per heavy atom. The van der Waals surface area contributed by atoms with Crippen molar-refractivity contribution in [2.45, 2.75) is 25.3 Å². The molecule has 1 fully saturated rings. The minimum Gasteiger partial charge on any atom is -0.508 e. The zero-order valence-corrected chi connectivity index (χ0v) is 17.7. The molecule has 1 aromatic heterocycles. The number of nitrogens with zero attached hydrogens (tertiary/aromatic N) is 3. The number of hydrogen-bond acceptors (Lipinski definition) is 6. The summed E-state index contributed by atoms with van der Waals surface area (Å²) in [5, 5.41) is 17.9. The summed E-state index contributed by atoms with van der Waals surface area (Å²) in [7, 11) is 0. The van der Waals surface area contributed by atoms with E-state index in [4.69, 9.17) is 12.2 Å². The summed E-state index contributed by atoms with van der Waals surface area (Å²) in [4.78, 5) is 16.3. The lowest BCUT2D eigenvalue weighted by Gasteiger charge is -2.23. The van der Waals surface area contributed by atoms with Crippen LogP contribution in [-0.2, 0) is 4.79 Å². The zero-order valence-electron chi connectivity index (χ0n) is 15.3. The third-order valence-electron chi connectivity index (χ3n) is 4.93. The van der Waals surface area contributed by atoms with E-state index < -0.39 is 0 Å². The Morgan fingerprint density at radius 2 is 2.00 bits per heavy atom. The highest BCUT2D eigenvalue weighted by Crippen LogP contribution is 2.35. The van der Waals surface area contributed by atoms with Gasteiger partial charge in [-0.3, -0.25) is 4.79 Å². The molecule has 0 spiro atoms. The molecule has 3 heterocycles. The third kappa shape index (κ3) is 4.24. The van der Waals surface area contributed by atoms with Crippen molar-refractivity contribution >= 4 is 51.3 Å². The van der Waals surface area contributed by atoms with Gasteiger partial charge in [0.15, 0.2) is 0 Å². The molecule has 2 aromatic rings. The smallest absolute Gasteiger partial charge is 0.253 e. The summed E-state index contributed by atoms with van der Waals surface area (Å²) >= 11 is 8.54. The number of phenolic OH excluding ortho intramolecular Hbond substituents is 1. The molecule has 1 aromatic carbocycles. The van der Waals surface area contributed by atoms with Gasteiger partial charge < -0.3 is 10.0 Å². The molecular formula is C20H21N3O2S3. The van der Waals surface area contributed by atoms with Gasteiger partial charge in [0.05, 0.1) is 22.4 Å². The standard InChI is InChI=1S/C20H21N3O2S3/c24-15-7-5-14(6-8-15)17-12-16(18-4-3-11-27-18)21-23(17)19(25)13-28-20(26)22-9-1-2-10-22/h3-8,11,17,24H,1-2,9-10,12-13H2.